The summed E-state index contributed by atoms with van der Waals surface area (Å²) in [5.41, 5.74) is 1.86. The van der Waals surface area contributed by atoms with Gasteiger partial charge < -0.3 is 9.47 Å². The second-order valence-electron chi connectivity index (χ2n) is 2.91. The first-order chi connectivity index (χ1) is 6.74. The summed E-state index contributed by atoms with van der Waals surface area (Å²) in [7, 11) is 3.21. The molecule has 0 bridgehead atoms. The summed E-state index contributed by atoms with van der Waals surface area (Å²) in [5.74, 6) is 6.53. The Kier molecular flexibility index (Phi) is 3.73. The predicted molar refractivity (Wildman–Crippen MR) is 53.3 cm³/mol. The van der Waals surface area contributed by atoms with Crippen molar-refractivity contribution in [3.63, 3.8) is 0 Å². The van der Waals surface area contributed by atoms with Crippen LogP contribution in [0.2, 0.25) is 0 Å². The highest BCUT2D eigenvalue weighted by Crippen LogP contribution is 2.31. The minimum absolute atomic E-state index is 0.272. The molecule has 0 aliphatic rings. The van der Waals surface area contributed by atoms with E-state index in [1.54, 1.807) is 14.2 Å². The second-order valence-corrected chi connectivity index (χ2v) is 2.91. The first kappa shape index (κ1) is 10.8. The summed E-state index contributed by atoms with van der Waals surface area (Å²) in [6.45, 7) is 2.23. The van der Waals surface area contributed by atoms with Crippen LogP contribution in [0.15, 0.2) is 12.1 Å². The van der Waals surface area contributed by atoms with Crippen LogP contribution in [0.5, 0.6) is 11.5 Å². The molecule has 4 nitrogen and oxygen atoms in total. The quantitative estimate of drug-likeness (QED) is 0.741. The van der Waals surface area contributed by atoms with Crippen molar-refractivity contribution >= 4 is 0 Å². The van der Waals surface area contributed by atoms with Crippen molar-refractivity contribution in [2.75, 3.05) is 14.2 Å². The van der Waals surface area contributed by atoms with Gasteiger partial charge in [0.25, 0.3) is 0 Å². The van der Waals surface area contributed by atoms with Crippen LogP contribution in [0.3, 0.4) is 0 Å². The lowest BCUT2D eigenvalue weighted by atomic mass is 10.1. The molecule has 0 saturated carbocycles. The zero-order valence-corrected chi connectivity index (χ0v) is 8.66. The van der Waals surface area contributed by atoms with Gasteiger partial charge in [-0.3, -0.25) is 4.84 Å². The predicted octanol–water partition coefficient (Wildman–Crippen LogP) is 1.40. The molecule has 0 saturated heterocycles. The number of rotatable bonds is 4. The smallest absolute Gasteiger partial charge is 0.131 e. The lowest BCUT2D eigenvalue weighted by Crippen LogP contribution is -2.04. The highest BCUT2D eigenvalue weighted by Gasteiger charge is 2.12. The highest BCUT2D eigenvalue weighted by atomic mass is 16.6. The topological polar surface area (TPSA) is 53.7 Å². The van der Waals surface area contributed by atoms with E-state index in [0.717, 1.165) is 22.6 Å². The van der Waals surface area contributed by atoms with Gasteiger partial charge in [0, 0.05) is 0 Å². The Morgan fingerprint density at radius 1 is 1.21 bits per heavy atom. The van der Waals surface area contributed by atoms with Crippen molar-refractivity contribution in [2.45, 2.75) is 13.5 Å². The maximum Gasteiger partial charge on any atom is 0.131 e. The second kappa shape index (κ2) is 4.83. The maximum absolute atomic E-state index is 5.26. The summed E-state index contributed by atoms with van der Waals surface area (Å²) in [6, 6.07) is 3.80. The molecule has 0 heterocycles. The van der Waals surface area contributed by atoms with E-state index in [9.17, 15) is 0 Å². The van der Waals surface area contributed by atoms with Crippen LogP contribution in [-0.2, 0) is 11.4 Å². The Labute approximate surface area is 83.5 Å². The summed E-state index contributed by atoms with van der Waals surface area (Å²) in [5, 5.41) is 0. The van der Waals surface area contributed by atoms with Gasteiger partial charge in [0.1, 0.15) is 18.1 Å². The number of benzene rings is 1. The largest absolute Gasteiger partial charge is 0.496 e. The van der Waals surface area contributed by atoms with Gasteiger partial charge in [-0.25, -0.2) is 5.90 Å². The first-order valence-electron chi connectivity index (χ1n) is 4.26. The lowest BCUT2D eigenvalue weighted by molar-refractivity contribution is 0.120. The number of ether oxygens (including phenoxy) is 2. The van der Waals surface area contributed by atoms with Gasteiger partial charge in [-0.05, 0) is 18.6 Å². The fourth-order valence-corrected chi connectivity index (χ4v) is 1.42. The monoisotopic (exact) mass is 197 g/mol. The molecule has 0 aliphatic carbocycles. The van der Waals surface area contributed by atoms with E-state index in [0.29, 0.717) is 0 Å². The molecule has 0 amide bonds. The van der Waals surface area contributed by atoms with Gasteiger partial charge in [0.05, 0.1) is 19.8 Å². The fourth-order valence-electron chi connectivity index (χ4n) is 1.42. The average molecular weight is 197 g/mol. The molecule has 0 spiro atoms. The van der Waals surface area contributed by atoms with Crippen LogP contribution < -0.4 is 15.4 Å². The molecular formula is C10H15NO3. The minimum atomic E-state index is 0.272. The van der Waals surface area contributed by atoms with E-state index in [-0.39, 0.29) is 6.61 Å². The molecule has 4 heteroatoms. The molecule has 1 aromatic carbocycles. The number of methoxy groups -OCH3 is 2. The molecule has 0 radical (unpaired) electrons. The average Bonchev–Trinajstić information content (AvgIpc) is 2.19. The third kappa shape index (κ3) is 1.97. The molecule has 0 aromatic heterocycles. The van der Waals surface area contributed by atoms with E-state index in [2.05, 4.69) is 4.84 Å². The van der Waals surface area contributed by atoms with Gasteiger partial charge in [0.15, 0.2) is 0 Å². The van der Waals surface area contributed by atoms with Crippen LogP contribution in [0.1, 0.15) is 11.1 Å². The van der Waals surface area contributed by atoms with Crippen molar-refractivity contribution < 1.29 is 14.3 Å². The Balaban J connectivity index is 3.21. The molecule has 78 valence electrons. The van der Waals surface area contributed by atoms with Crippen LogP contribution in [0.25, 0.3) is 0 Å². The first-order valence-corrected chi connectivity index (χ1v) is 4.26. The molecular weight excluding hydrogens is 182 g/mol. The third-order valence-corrected chi connectivity index (χ3v) is 2.07. The van der Waals surface area contributed by atoms with Crippen molar-refractivity contribution in [3.05, 3.63) is 23.3 Å². The van der Waals surface area contributed by atoms with Crippen LogP contribution in [-0.4, -0.2) is 14.2 Å². The summed E-state index contributed by atoms with van der Waals surface area (Å²) in [6.07, 6.45) is 0. The van der Waals surface area contributed by atoms with Crippen LogP contribution in [0, 0.1) is 6.92 Å². The van der Waals surface area contributed by atoms with Crippen LogP contribution in [0.4, 0.5) is 0 Å². The molecule has 0 unspecified atom stereocenters. The van der Waals surface area contributed by atoms with E-state index < -0.39 is 0 Å². The Hall–Kier alpha value is -1.26. The zero-order chi connectivity index (χ0) is 10.6. The van der Waals surface area contributed by atoms with E-state index >= 15 is 0 Å². The lowest BCUT2D eigenvalue weighted by Gasteiger charge is -2.14. The van der Waals surface area contributed by atoms with Crippen molar-refractivity contribution in [3.8, 4) is 11.5 Å². The van der Waals surface area contributed by atoms with Crippen molar-refractivity contribution in [1.29, 1.82) is 0 Å². The normalized spacial score (nSPS) is 10.0. The summed E-state index contributed by atoms with van der Waals surface area (Å²) >= 11 is 0. The Bertz CT molecular complexity index is 312. The molecule has 2 N–H and O–H groups in total. The molecule has 1 aromatic rings. The van der Waals surface area contributed by atoms with Gasteiger partial charge in [-0.2, -0.15) is 0 Å². The molecule has 1 rings (SSSR count). The van der Waals surface area contributed by atoms with Gasteiger partial charge >= 0.3 is 0 Å². The Morgan fingerprint density at radius 2 is 1.93 bits per heavy atom. The standard InChI is InChI=1S/C10H15NO3/c1-7-4-5-9(12-2)8(6-14-11)10(7)13-3/h4-5H,6,11H2,1-3H3. The molecule has 0 fully saturated rings. The number of hydrogen-bond acceptors (Lipinski definition) is 4. The minimum Gasteiger partial charge on any atom is -0.496 e. The highest BCUT2D eigenvalue weighted by molar-refractivity contribution is 5.49. The summed E-state index contributed by atoms with van der Waals surface area (Å²) < 4.78 is 10.4. The molecule has 14 heavy (non-hydrogen) atoms. The molecule has 0 atom stereocenters. The Morgan fingerprint density at radius 3 is 2.43 bits per heavy atom. The van der Waals surface area contributed by atoms with E-state index in [1.807, 2.05) is 19.1 Å². The molecule has 0 aliphatic heterocycles. The number of nitrogens with two attached hydrogens (primary N) is 1. The maximum atomic E-state index is 5.26. The van der Waals surface area contributed by atoms with Crippen molar-refractivity contribution in [2.24, 2.45) is 5.90 Å². The number of hydrogen-bond donors (Lipinski definition) is 1. The van der Waals surface area contributed by atoms with Crippen LogP contribution >= 0.6 is 0 Å². The van der Waals surface area contributed by atoms with Gasteiger partial charge in [0.2, 0.25) is 0 Å². The third-order valence-electron chi connectivity index (χ3n) is 2.07. The van der Waals surface area contributed by atoms with Gasteiger partial charge in [-0.1, -0.05) is 6.07 Å². The number of aryl methyl sites for hydroxylation is 1. The SMILES string of the molecule is COc1ccc(C)c(OC)c1CON. The van der Waals surface area contributed by atoms with Gasteiger partial charge in [-0.15, -0.1) is 0 Å². The van der Waals surface area contributed by atoms with E-state index in [1.165, 1.54) is 0 Å². The van der Waals surface area contributed by atoms with E-state index in [4.69, 9.17) is 15.4 Å². The van der Waals surface area contributed by atoms with Crippen molar-refractivity contribution in [1.82, 2.24) is 0 Å². The summed E-state index contributed by atoms with van der Waals surface area (Å²) in [4.78, 5) is 4.61. The zero-order valence-electron chi connectivity index (χ0n) is 8.66. The fraction of sp³-hybridized carbons (Fsp3) is 0.400.